The van der Waals surface area contributed by atoms with Crippen LogP contribution in [0.2, 0.25) is 0 Å². The molecule has 1 aromatic carbocycles. The predicted octanol–water partition coefficient (Wildman–Crippen LogP) is 1.97. The molecule has 2 aromatic heterocycles. The number of hydrogen-bond acceptors (Lipinski definition) is 11. The fourth-order valence-corrected chi connectivity index (χ4v) is 5.06. The number of esters is 1. The predicted molar refractivity (Wildman–Crippen MR) is 129 cm³/mol. The molecule has 1 aliphatic rings. The molecule has 0 unspecified atom stereocenters. The molecule has 0 aliphatic carbocycles. The van der Waals surface area contributed by atoms with Gasteiger partial charge in [-0.25, -0.2) is 19.5 Å². The summed E-state index contributed by atoms with van der Waals surface area (Å²) in [7, 11) is -4.11. The Bertz CT molecular complexity index is 1260. The van der Waals surface area contributed by atoms with E-state index in [1.807, 2.05) is 0 Å². The summed E-state index contributed by atoms with van der Waals surface area (Å²) < 4.78 is 37.4. The van der Waals surface area contributed by atoms with Crippen molar-refractivity contribution < 1.29 is 33.0 Å². The smallest absolute Gasteiger partial charge is 0.459 e. The zero-order chi connectivity index (χ0) is 25.7. The lowest BCUT2D eigenvalue weighted by molar-refractivity contribution is -0.144. The van der Waals surface area contributed by atoms with Crippen LogP contribution in [0, 0.1) is 0 Å². The number of rotatable bonds is 11. The summed E-state index contributed by atoms with van der Waals surface area (Å²) in [4.78, 5) is 24.5. The first-order valence-corrected chi connectivity index (χ1v) is 12.6. The summed E-state index contributed by atoms with van der Waals surface area (Å²) in [5.41, 5.74) is 6.71. The molecule has 4 rings (SSSR count). The van der Waals surface area contributed by atoms with Gasteiger partial charge in [0.25, 0.3) is 0 Å². The van der Waals surface area contributed by atoms with Gasteiger partial charge in [-0.15, -0.1) is 0 Å². The molecule has 0 radical (unpaired) electrons. The van der Waals surface area contributed by atoms with Crippen LogP contribution in [0.4, 0.5) is 5.82 Å². The molecule has 4 N–H and O–H groups in total. The van der Waals surface area contributed by atoms with Crippen molar-refractivity contribution in [1.82, 2.24) is 24.6 Å². The van der Waals surface area contributed by atoms with E-state index < -0.39 is 38.2 Å². The molecule has 192 valence electrons. The molecule has 1 aliphatic heterocycles. The molecule has 0 saturated carbocycles. The lowest BCUT2D eigenvalue weighted by atomic mass is 10.2. The Morgan fingerprint density at radius 1 is 1.39 bits per heavy atom. The van der Waals surface area contributed by atoms with Crippen molar-refractivity contribution in [3.63, 3.8) is 0 Å². The van der Waals surface area contributed by atoms with Gasteiger partial charge in [0.1, 0.15) is 42.6 Å². The number of carbonyl (C=O) groups excluding carboxylic acids is 1. The number of nitrogens with zero attached hydrogens (tertiary/aromatic N) is 4. The van der Waals surface area contributed by atoms with Gasteiger partial charge in [0.2, 0.25) is 0 Å². The molecule has 13 nitrogen and oxygen atoms in total. The molecule has 5 atom stereocenters. The number of ether oxygens (including phenoxy) is 2. The van der Waals surface area contributed by atoms with E-state index in [1.165, 1.54) is 25.7 Å². The Hall–Kier alpha value is -3.35. The van der Waals surface area contributed by atoms with Crippen LogP contribution >= 0.6 is 7.75 Å². The quantitative estimate of drug-likeness (QED) is 0.192. The Morgan fingerprint density at radius 2 is 2.17 bits per heavy atom. The van der Waals surface area contributed by atoms with Crippen molar-refractivity contribution in [1.29, 1.82) is 0 Å². The van der Waals surface area contributed by atoms with E-state index >= 15 is 0 Å². The Morgan fingerprint density at radius 3 is 2.92 bits per heavy atom. The average Bonchev–Trinajstić information content (AvgIpc) is 3.46. The maximum Gasteiger partial charge on any atom is 0.459 e. The van der Waals surface area contributed by atoms with Gasteiger partial charge < -0.3 is 24.8 Å². The van der Waals surface area contributed by atoms with Gasteiger partial charge in [0.15, 0.2) is 11.5 Å². The Labute approximate surface area is 206 Å². The van der Waals surface area contributed by atoms with E-state index in [9.17, 15) is 14.5 Å². The number of aliphatic hydroxyl groups excluding tert-OH is 1. The number of aromatic nitrogens is 4. The molecule has 0 spiro atoms. The second-order valence-electron chi connectivity index (χ2n) is 7.98. The molecule has 0 amide bonds. The molecule has 1 fully saturated rings. The van der Waals surface area contributed by atoms with Crippen molar-refractivity contribution in [2.24, 2.45) is 0 Å². The minimum Gasteiger partial charge on any atom is -0.460 e. The van der Waals surface area contributed by atoms with Crippen molar-refractivity contribution in [2.75, 3.05) is 18.9 Å². The molecule has 0 bridgehead atoms. The third kappa shape index (κ3) is 5.89. The SMILES string of the molecule is C=CCOC(=O)[C@H](C)N[P@](=O)(OC[C@H]1O[C@@H](n2cnc3c(N)ncnc32)C[C@@H]1O)Oc1ccccc1. The van der Waals surface area contributed by atoms with Crippen LogP contribution in [0.5, 0.6) is 5.75 Å². The van der Waals surface area contributed by atoms with Crippen molar-refractivity contribution in [3.8, 4) is 5.75 Å². The van der Waals surface area contributed by atoms with Crippen molar-refractivity contribution in [3.05, 3.63) is 55.6 Å². The molecular formula is C22H27N6O7P. The number of nitrogen functional groups attached to an aromatic ring is 1. The van der Waals surface area contributed by atoms with Gasteiger partial charge >= 0.3 is 13.7 Å². The highest BCUT2D eigenvalue weighted by Crippen LogP contribution is 2.46. The topological polar surface area (TPSA) is 173 Å². The average molecular weight is 518 g/mol. The summed E-state index contributed by atoms with van der Waals surface area (Å²) in [6, 6.07) is 7.32. The number of benzene rings is 1. The minimum atomic E-state index is -4.11. The summed E-state index contributed by atoms with van der Waals surface area (Å²) >= 11 is 0. The number of nitrogens with two attached hydrogens (primary N) is 1. The third-order valence-corrected chi connectivity index (χ3v) is 6.97. The van der Waals surface area contributed by atoms with Gasteiger partial charge in [0.05, 0.1) is 19.0 Å². The highest BCUT2D eigenvalue weighted by atomic mass is 31.2. The number of para-hydroxylation sites is 1. The number of nitrogens with one attached hydrogen (secondary N) is 1. The van der Waals surface area contributed by atoms with Crippen LogP contribution in [0.25, 0.3) is 11.2 Å². The summed E-state index contributed by atoms with van der Waals surface area (Å²) in [5, 5.41) is 13.2. The highest BCUT2D eigenvalue weighted by molar-refractivity contribution is 7.52. The second-order valence-corrected chi connectivity index (χ2v) is 9.68. The third-order valence-electron chi connectivity index (χ3n) is 5.33. The molecule has 36 heavy (non-hydrogen) atoms. The van der Waals surface area contributed by atoms with E-state index in [0.717, 1.165) is 0 Å². The van der Waals surface area contributed by atoms with Gasteiger partial charge in [-0.2, -0.15) is 5.09 Å². The van der Waals surface area contributed by atoms with Gasteiger partial charge in [-0.1, -0.05) is 30.9 Å². The van der Waals surface area contributed by atoms with E-state index in [2.05, 4.69) is 26.6 Å². The van der Waals surface area contributed by atoms with Crippen LogP contribution in [-0.4, -0.2) is 62.1 Å². The maximum atomic E-state index is 13.6. The van der Waals surface area contributed by atoms with Crippen LogP contribution in [0.3, 0.4) is 0 Å². The number of anilines is 1. The summed E-state index contributed by atoms with van der Waals surface area (Å²) in [6.07, 6.45) is 1.99. The van der Waals surface area contributed by atoms with E-state index in [0.29, 0.717) is 11.2 Å². The molecule has 3 heterocycles. The van der Waals surface area contributed by atoms with Crippen LogP contribution in [0.1, 0.15) is 19.6 Å². The lowest BCUT2D eigenvalue weighted by Crippen LogP contribution is -2.36. The minimum absolute atomic E-state index is 0.00144. The highest BCUT2D eigenvalue weighted by Gasteiger charge is 2.39. The Kier molecular flexibility index (Phi) is 7.97. The fraction of sp³-hybridized carbons (Fsp3) is 0.364. The fourth-order valence-electron chi connectivity index (χ4n) is 3.55. The molecule has 14 heteroatoms. The van der Waals surface area contributed by atoms with Crippen LogP contribution in [-0.2, 0) is 23.4 Å². The largest absolute Gasteiger partial charge is 0.460 e. The van der Waals surface area contributed by atoms with Crippen LogP contribution < -0.4 is 15.3 Å². The number of fused-ring (bicyclic) bond motifs is 1. The normalized spacial score (nSPS) is 22.1. The van der Waals surface area contributed by atoms with Crippen molar-refractivity contribution >= 4 is 30.7 Å². The van der Waals surface area contributed by atoms with E-state index in [-0.39, 0.29) is 31.2 Å². The molecule has 3 aromatic rings. The van der Waals surface area contributed by atoms with E-state index in [1.54, 1.807) is 34.9 Å². The van der Waals surface area contributed by atoms with E-state index in [4.69, 9.17) is 24.3 Å². The van der Waals surface area contributed by atoms with Gasteiger partial charge in [-0.05, 0) is 19.1 Å². The first kappa shape index (κ1) is 25.7. The maximum absolute atomic E-state index is 13.6. The lowest BCUT2D eigenvalue weighted by Gasteiger charge is -2.24. The number of hydrogen-bond donors (Lipinski definition) is 3. The number of aliphatic hydroxyl groups is 1. The monoisotopic (exact) mass is 518 g/mol. The first-order chi connectivity index (χ1) is 17.3. The number of imidazole rings is 1. The standard InChI is InChI=1S/C22H27N6O7P/c1-3-9-32-22(30)14(2)27-36(31,35-15-7-5-4-6-8-15)33-11-17-16(29)10-18(34-17)28-13-26-19-20(23)24-12-25-21(19)28/h3-8,12-14,16-18,29H,1,9-11H2,2H3,(H,27,31)(H2,23,24,25)/t14-,16-,17+,18+,36-/m0/s1. The summed E-state index contributed by atoms with van der Waals surface area (Å²) in [5.74, 6) is -0.184. The first-order valence-electron chi connectivity index (χ1n) is 11.1. The second kappa shape index (κ2) is 11.1. The summed E-state index contributed by atoms with van der Waals surface area (Å²) in [6.45, 7) is 4.65. The molecule has 1 saturated heterocycles. The zero-order valence-corrected chi connectivity index (χ0v) is 20.4. The number of carbonyl (C=O) groups is 1. The van der Waals surface area contributed by atoms with Crippen LogP contribution in [0.15, 0.2) is 55.6 Å². The molecular weight excluding hydrogens is 491 g/mol. The van der Waals surface area contributed by atoms with Gasteiger partial charge in [-0.3, -0.25) is 13.9 Å². The zero-order valence-electron chi connectivity index (χ0n) is 19.5. The van der Waals surface area contributed by atoms with Crippen molar-refractivity contribution in [2.45, 2.75) is 37.8 Å². The van der Waals surface area contributed by atoms with Gasteiger partial charge in [0, 0.05) is 6.42 Å². The Balaban J connectivity index is 1.46.